The molecule has 1 unspecified atom stereocenters. The number of thiophene rings is 1. The lowest BCUT2D eigenvalue weighted by Crippen LogP contribution is -2.35. The number of carbonyl (C=O) groups excluding carboxylic acids is 1. The van der Waals surface area contributed by atoms with Crippen LogP contribution in [0.25, 0.3) is 21.3 Å². The van der Waals surface area contributed by atoms with Crippen LogP contribution in [0.2, 0.25) is 5.02 Å². The van der Waals surface area contributed by atoms with Gasteiger partial charge in [0.25, 0.3) is 0 Å². The number of pyridine rings is 1. The smallest absolute Gasteiger partial charge is 0.200 e. The number of nitrogens with one attached hydrogen (secondary N) is 1. The molecule has 2 heterocycles. The van der Waals surface area contributed by atoms with Crippen LogP contribution in [0.15, 0.2) is 29.2 Å². The van der Waals surface area contributed by atoms with Crippen molar-refractivity contribution >= 4 is 39.6 Å². The predicted octanol–water partition coefficient (Wildman–Crippen LogP) is 6.15. The average molecular weight is 455 g/mol. The lowest BCUT2D eigenvalue weighted by molar-refractivity contribution is 0.101. The van der Waals surface area contributed by atoms with Gasteiger partial charge in [0.2, 0.25) is 0 Å². The molecule has 0 radical (unpaired) electrons. The summed E-state index contributed by atoms with van der Waals surface area (Å²) >= 11 is 8.79. The number of Topliss-reactive ketones (excluding diaryl/α,β-unsaturated/α-hetero) is 1. The summed E-state index contributed by atoms with van der Waals surface area (Å²) in [5, 5.41) is 4.65. The van der Waals surface area contributed by atoms with Crippen LogP contribution < -0.4 is 10.7 Å². The number of aromatic nitrogens is 1. The van der Waals surface area contributed by atoms with E-state index >= 15 is 0 Å². The van der Waals surface area contributed by atoms with Gasteiger partial charge in [-0.3, -0.25) is 9.59 Å². The SMILES string of the molecule is CNC1c2sc(-c3ccc4c(=O)c(C(C)=O)cn(C5CC5)c4c3Cl)cc2CCC1(C)C. The lowest BCUT2D eigenvalue weighted by Gasteiger charge is -2.38. The summed E-state index contributed by atoms with van der Waals surface area (Å²) in [5.41, 5.74) is 3.33. The molecule has 2 aliphatic rings. The molecule has 0 amide bonds. The van der Waals surface area contributed by atoms with Gasteiger partial charge in [-0.25, -0.2) is 0 Å². The zero-order valence-corrected chi connectivity index (χ0v) is 19.9. The van der Waals surface area contributed by atoms with Gasteiger partial charge in [0.1, 0.15) is 0 Å². The van der Waals surface area contributed by atoms with Crippen LogP contribution in [0.1, 0.15) is 72.9 Å². The van der Waals surface area contributed by atoms with E-state index in [0.717, 1.165) is 41.6 Å². The molecule has 1 N–H and O–H groups in total. The van der Waals surface area contributed by atoms with E-state index in [1.807, 2.05) is 19.2 Å². The minimum Gasteiger partial charge on any atom is -0.342 e. The van der Waals surface area contributed by atoms with E-state index in [4.69, 9.17) is 11.6 Å². The van der Waals surface area contributed by atoms with Gasteiger partial charge >= 0.3 is 0 Å². The molecule has 162 valence electrons. The summed E-state index contributed by atoms with van der Waals surface area (Å²) in [6.45, 7) is 6.09. The lowest BCUT2D eigenvalue weighted by atomic mass is 9.73. The Kier molecular flexibility index (Phi) is 4.92. The summed E-state index contributed by atoms with van der Waals surface area (Å²) in [6, 6.07) is 6.69. The van der Waals surface area contributed by atoms with Crippen LogP contribution in [0.3, 0.4) is 0 Å². The molecule has 4 nitrogen and oxygen atoms in total. The normalized spacial score (nSPS) is 20.1. The molecule has 6 heteroatoms. The first kappa shape index (κ1) is 20.9. The van der Waals surface area contributed by atoms with E-state index in [1.165, 1.54) is 17.4 Å². The highest BCUT2D eigenvalue weighted by atomic mass is 35.5. The Morgan fingerprint density at radius 3 is 2.68 bits per heavy atom. The number of carbonyl (C=O) groups is 1. The Morgan fingerprint density at radius 2 is 2.03 bits per heavy atom. The Bertz CT molecular complexity index is 1280. The van der Waals surface area contributed by atoms with Gasteiger partial charge in [-0.2, -0.15) is 0 Å². The zero-order chi connectivity index (χ0) is 22.1. The molecule has 0 bridgehead atoms. The number of rotatable bonds is 4. The van der Waals surface area contributed by atoms with E-state index < -0.39 is 0 Å². The van der Waals surface area contributed by atoms with Crippen LogP contribution in [-0.4, -0.2) is 17.4 Å². The van der Waals surface area contributed by atoms with Crippen LogP contribution in [0.5, 0.6) is 0 Å². The molecule has 3 aromatic rings. The van der Waals surface area contributed by atoms with E-state index in [2.05, 4.69) is 29.8 Å². The maximum absolute atomic E-state index is 13.0. The first-order chi connectivity index (χ1) is 14.7. The van der Waals surface area contributed by atoms with Crippen molar-refractivity contribution in [3.8, 4) is 10.4 Å². The number of nitrogens with zero attached hydrogens (tertiary/aromatic N) is 1. The fourth-order valence-electron chi connectivity index (χ4n) is 4.98. The molecule has 31 heavy (non-hydrogen) atoms. The summed E-state index contributed by atoms with van der Waals surface area (Å²) in [7, 11) is 2.03. The maximum Gasteiger partial charge on any atom is 0.200 e. The fourth-order valence-corrected chi connectivity index (χ4v) is 6.97. The van der Waals surface area contributed by atoms with Gasteiger partial charge in [0.05, 0.1) is 16.1 Å². The second-order valence-electron chi connectivity index (χ2n) is 9.60. The first-order valence-corrected chi connectivity index (χ1v) is 12.1. The summed E-state index contributed by atoms with van der Waals surface area (Å²) < 4.78 is 2.06. The fraction of sp³-hybridized carbons (Fsp3) is 0.440. The highest BCUT2D eigenvalue weighted by Gasteiger charge is 2.37. The molecule has 2 aromatic heterocycles. The van der Waals surface area contributed by atoms with Crippen LogP contribution in [-0.2, 0) is 6.42 Å². The Balaban J connectivity index is 1.72. The van der Waals surface area contributed by atoms with Crippen molar-refractivity contribution < 1.29 is 4.79 Å². The Labute approximate surface area is 191 Å². The van der Waals surface area contributed by atoms with Gasteiger partial charge in [-0.1, -0.05) is 31.5 Å². The third-order valence-electron chi connectivity index (χ3n) is 6.93. The van der Waals surface area contributed by atoms with E-state index in [-0.39, 0.29) is 22.2 Å². The average Bonchev–Trinajstić information content (AvgIpc) is 3.47. The number of hydrogen-bond acceptors (Lipinski definition) is 4. The van der Waals surface area contributed by atoms with Crippen molar-refractivity contribution in [2.45, 2.75) is 58.5 Å². The number of aryl methyl sites for hydroxylation is 1. The topological polar surface area (TPSA) is 51.1 Å². The van der Waals surface area contributed by atoms with Gasteiger partial charge in [0, 0.05) is 39.0 Å². The largest absolute Gasteiger partial charge is 0.342 e. The van der Waals surface area contributed by atoms with Crippen LogP contribution >= 0.6 is 22.9 Å². The van der Waals surface area contributed by atoms with Crippen molar-refractivity contribution in [1.82, 2.24) is 9.88 Å². The summed E-state index contributed by atoms with van der Waals surface area (Å²) in [5.74, 6) is -0.201. The van der Waals surface area contributed by atoms with Crippen molar-refractivity contribution in [1.29, 1.82) is 0 Å². The van der Waals surface area contributed by atoms with Gasteiger partial charge < -0.3 is 9.88 Å². The molecule has 1 fully saturated rings. The molecule has 1 atom stereocenters. The Hall–Kier alpha value is -1.95. The number of ketones is 1. The highest BCUT2D eigenvalue weighted by molar-refractivity contribution is 7.15. The monoisotopic (exact) mass is 454 g/mol. The minimum atomic E-state index is -0.227. The summed E-state index contributed by atoms with van der Waals surface area (Å²) in [6.07, 6.45) is 6.02. The molecule has 0 saturated heterocycles. The minimum absolute atomic E-state index is 0.201. The molecule has 0 spiro atoms. The number of fused-ring (bicyclic) bond motifs is 2. The van der Waals surface area contributed by atoms with Crippen molar-refractivity contribution in [2.75, 3.05) is 7.05 Å². The second kappa shape index (κ2) is 7.29. The third-order valence-corrected chi connectivity index (χ3v) is 8.59. The van der Waals surface area contributed by atoms with E-state index in [9.17, 15) is 9.59 Å². The molecular formula is C25H27ClN2O2S. The molecule has 0 aliphatic heterocycles. The maximum atomic E-state index is 13.0. The van der Waals surface area contributed by atoms with Gasteiger partial charge in [-0.05, 0) is 62.8 Å². The zero-order valence-electron chi connectivity index (χ0n) is 18.3. The van der Waals surface area contributed by atoms with Crippen molar-refractivity contribution in [2.24, 2.45) is 5.41 Å². The van der Waals surface area contributed by atoms with Gasteiger partial charge in [-0.15, -0.1) is 11.3 Å². The second-order valence-corrected chi connectivity index (χ2v) is 11.1. The van der Waals surface area contributed by atoms with Crippen LogP contribution in [0.4, 0.5) is 0 Å². The standard InChI is InChI=1S/C25H27ClN2O2S/c1-13(29)18-12-28(15-5-6-15)21-17(22(18)30)8-7-16(20(21)26)19-11-14-9-10-25(2,3)24(27-4)23(14)31-19/h7-8,11-12,15,24,27H,5-6,9-10H2,1-4H3. The van der Waals surface area contributed by atoms with E-state index in [0.29, 0.717) is 22.5 Å². The van der Waals surface area contributed by atoms with E-state index in [1.54, 1.807) is 17.5 Å². The molecular weight excluding hydrogens is 428 g/mol. The highest BCUT2D eigenvalue weighted by Crippen LogP contribution is 2.50. The third kappa shape index (κ3) is 3.29. The molecule has 1 saturated carbocycles. The summed E-state index contributed by atoms with van der Waals surface area (Å²) in [4.78, 5) is 27.6. The van der Waals surface area contributed by atoms with Crippen molar-refractivity contribution in [3.63, 3.8) is 0 Å². The Morgan fingerprint density at radius 1 is 1.29 bits per heavy atom. The number of halogens is 1. The van der Waals surface area contributed by atoms with Crippen LogP contribution in [0, 0.1) is 5.41 Å². The predicted molar refractivity (Wildman–Crippen MR) is 129 cm³/mol. The van der Waals surface area contributed by atoms with Gasteiger partial charge in [0.15, 0.2) is 11.2 Å². The van der Waals surface area contributed by atoms with Crippen molar-refractivity contribution in [3.05, 3.63) is 55.6 Å². The quantitative estimate of drug-likeness (QED) is 0.480. The number of benzene rings is 1. The molecule has 5 rings (SSSR count). The molecule has 2 aliphatic carbocycles. The first-order valence-electron chi connectivity index (χ1n) is 10.9. The number of hydrogen-bond donors (Lipinski definition) is 1. The molecule has 1 aromatic carbocycles.